The molecule has 2 aromatic carbocycles. The Kier molecular flexibility index (Phi) is 7.17. The Labute approximate surface area is 177 Å². The predicted octanol–water partition coefficient (Wildman–Crippen LogP) is 2.44. The van der Waals surface area contributed by atoms with Gasteiger partial charge in [0.25, 0.3) is 11.8 Å². The van der Waals surface area contributed by atoms with Gasteiger partial charge in [-0.3, -0.25) is 9.59 Å². The number of piperazine rings is 1. The van der Waals surface area contributed by atoms with Gasteiger partial charge in [0.1, 0.15) is 5.75 Å². The van der Waals surface area contributed by atoms with Crippen LogP contribution in [0, 0.1) is 13.8 Å². The van der Waals surface area contributed by atoms with E-state index in [1.165, 1.54) is 0 Å². The molecule has 3 rings (SSSR count). The van der Waals surface area contributed by atoms with E-state index in [1.807, 2.05) is 44.2 Å². The maximum Gasteiger partial charge on any atom is 0.260 e. The third kappa shape index (κ3) is 5.23. The smallest absolute Gasteiger partial charge is 0.260 e. The molecule has 7 nitrogen and oxygen atoms in total. The van der Waals surface area contributed by atoms with Crippen LogP contribution in [0.1, 0.15) is 11.1 Å². The molecule has 0 atom stereocenters. The highest BCUT2D eigenvalue weighted by atomic mass is 16.5. The molecule has 1 aliphatic heterocycles. The summed E-state index contributed by atoms with van der Waals surface area (Å²) >= 11 is 0. The first-order chi connectivity index (χ1) is 14.5. The van der Waals surface area contributed by atoms with Gasteiger partial charge in [-0.2, -0.15) is 0 Å². The molecule has 1 aliphatic rings. The highest BCUT2D eigenvalue weighted by Crippen LogP contribution is 2.25. The Hall–Kier alpha value is -3.22. The molecule has 30 heavy (non-hydrogen) atoms. The molecule has 0 aliphatic carbocycles. The number of carbonyl (C=O) groups is 2. The SMILES string of the molecule is COc1ccccc1OCC(=O)N1CCN(C(=O)COc2cccc(C)c2C)CC1. The van der Waals surface area contributed by atoms with Gasteiger partial charge >= 0.3 is 0 Å². The van der Waals surface area contributed by atoms with Crippen LogP contribution in [-0.4, -0.2) is 68.1 Å². The second-order valence-electron chi connectivity index (χ2n) is 7.19. The minimum Gasteiger partial charge on any atom is -0.493 e. The predicted molar refractivity (Wildman–Crippen MR) is 113 cm³/mol. The van der Waals surface area contributed by atoms with E-state index in [9.17, 15) is 9.59 Å². The molecule has 1 saturated heterocycles. The number of carbonyl (C=O) groups excluding carboxylic acids is 2. The van der Waals surface area contributed by atoms with Crippen molar-refractivity contribution in [1.29, 1.82) is 0 Å². The second kappa shape index (κ2) is 10.0. The van der Waals surface area contributed by atoms with Gasteiger partial charge in [0.2, 0.25) is 0 Å². The Morgan fingerprint density at radius 3 is 1.83 bits per heavy atom. The van der Waals surface area contributed by atoms with Gasteiger partial charge in [0.15, 0.2) is 24.7 Å². The maximum atomic E-state index is 12.5. The number of amides is 2. The first-order valence-electron chi connectivity index (χ1n) is 10.00. The number of benzene rings is 2. The molecular weight excluding hydrogens is 384 g/mol. The summed E-state index contributed by atoms with van der Waals surface area (Å²) in [6, 6.07) is 13.0. The Morgan fingerprint density at radius 2 is 1.27 bits per heavy atom. The fourth-order valence-corrected chi connectivity index (χ4v) is 3.29. The number of hydrogen-bond acceptors (Lipinski definition) is 5. The van der Waals surface area contributed by atoms with E-state index < -0.39 is 0 Å². The van der Waals surface area contributed by atoms with Gasteiger partial charge in [-0.1, -0.05) is 24.3 Å². The first-order valence-corrected chi connectivity index (χ1v) is 10.00. The highest BCUT2D eigenvalue weighted by molar-refractivity contribution is 5.80. The summed E-state index contributed by atoms with van der Waals surface area (Å²) in [7, 11) is 1.56. The van der Waals surface area contributed by atoms with Crippen LogP contribution < -0.4 is 14.2 Å². The molecule has 0 spiro atoms. The van der Waals surface area contributed by atoms with Crippen molar-refractivity contribution in [3.8, 4) is 17.2 Å². The van der Waals surface area contributed by atoms with Crippen LogP contribution in [0.5, 0.6) is 17.2 Å². The van der Waals surface area contributed by atoms with E-state index in [0.29, 0.717) is 37.7 Å². The summed E-state index contributed by atoms with van der Waals surface area (Å²) in [4.78, 5) is 28.4. The lowest BCUT2D eigenvalue weighted by Gasteiger charge is -2.34. The van der Waals surface area contributed by atoms with E-state index in [4.69, 9.17) is 14.2 Å². The van der Waals surface area contributed by atoms with Crippen LogP contribution in [0.15, 0.2) is 42.5 Å². The van der Waals surface area contributed by atoms with Crippen molar-refractivity contribution in [1.82, 2.24) is 9.80 Å². The topological polar surface area (TPSA) is 68.3 Å². The zero-order valence-electron chi connectivity index (χ0n) is 17.7. The fraction of sp³-hybridized carbons (Fsp3) is 0.391. The largest absolute Gasteiger partial charge is 0.493 e. The van der Waals surface area contributed by atoms with Gasteiger partial charge < -0.3 is 24.0 Å². The molecule has 1 fully saturated rings. The summed E-state index contributed by atoms with van der Waals surface area (Å²) in [6.07, 6.45) is 0. The van der Waals surface area contributed by atoms with Gasteiger partial charge in [-0.15, -0.1) is 0 Å². The van der Waals surface area contributed by atoms with Crippen molar-refractivity contribution in [2.45, 2.75) is 13.8 Å². The van der Waals surface area contributed by atoms with Crippen LogP contribution >= 0.6 is 0 Å². The summed E-state index contributed by atoms with van der Waals surface area (Å²) in [5, 5.41) is 0. The van der Waals surface area contributed by atoms with E-state index >= 15 is 0 Å². The molecule has 2 aromatic rings. The molecule has 0 unspecified atom stereocenters. The van der Waals surface area contributed by atoms with Crippen LogP contribution in [0.3, 0.4) is 0 Å². The van der Waals surface area contributed by atoms with Crippen molar-refractivity contribution in [3.63, 3.8) is 0 Å². The number of para-hydroxylation sites is 2. The van der Waals surface area contributed by atoms with Gasteiger partial charge in [-0.25, -0.2) is 0 Å². The van der Waals surface area contributed by atoms with Crippen molar-refractivity contribution >= 4 is 11.8 Å². The molecule has 0 saturated carbocycles. The molecule has 160 valence electrons. The lowest BCUT2D eigenvalue weighted by atomic mass is 10.1. The average molecular weight is 412 g/mol. The third-order valence-corrected chi connectivity index (χ3v) is 5.31. The number of hydrogen-bond donors (Lipinski definition) is 0. The van der Waals surface area contributed by atoms with Crippen LogP contribution in [0.25, 0.3) is 0 Å². The molecular formula is C23H28N2O5. The summed E-state index contributed by atoms with van der Waals surface area (Å²) in [6.45, 7) is 5.83. The summed E-state index contributed by atoms with van der Waals surface area (Å²) < 4.78 is 16.5. The van der Waals surface area contributed by atoms with Crippen LogP contribution in [-0.2, 0) is 9.59 Å². The zero-order chi connectivity index (χ0) is 21.5. The van der Waals surface area contributed by atoms with Gasteiger partial charge in [0.05, 0.1) is 7.11 Å². The number of methoxy groups -OCH3 is 1. The average Bonchev–Trinajstić information content (AvgIpc) is 2.78. The van der Waals surface area contributed by atoms with Crippen molar-refractivity contribution < 1.29 is 23.8 Å². The summed E-state index contributed by atoms with van der Waals surface area (Å²) in [5.41, 5.74) is 2.16. The van der Waals surface area contributed by atoms with E-state index in [-0.39, 0.29) is 25.0 Å². The number of ether oxygens (including phenoxy) is 3. The normalized spacial score (nSPS) is 13.7. The monoisotopic (exact) mass is 412 g/mol. The van der Waals surface area contributed by atoms with Gasteiger partial charge in [-0.05, 0) is 43.2 Å². The minimum absolute atomic E-state index is 0.00481. The van der Waals surface area contributed by atoms with Crippen molar-refractivity contribution in [2.24, 2.45) is 0 Å². The zero-order valence-corrected chi connectivity index (χ0v) is 17.7. The summed E-state index contributed by atoms with van der Waals surface area (Å²) in [5.74, 6) is 1.66. The van der Waals surface area contributed by atoms with Crippen molar-refractivity contribution in [3.05, 3.63) is 53.6 Å². The maximum absolute atomic E-state index is 12.5. The van der Waals surface area contributed by atoms with Crippen molar-refractivity contribution in [2.75, 3.05) is 46.5 Å². The first kappa shape index (κ1) is 21.5. The van der Waals surface area contributed by atoms with Crippen LogP contribution in [0.4, 0.5) is 0 Å². The highest BCUT2D eigenvalue weighted by Gasteiger charge is 2.25. The van der Waals surface area contributed by atoms with Gasteiger partial charge in [0, 0.05) is 26.2 Å². The van der Waals surface area contributed by atoms with E-state index in [0.717, 1.165) is 16.9 Å². The lowest BCUT2D eigenvalue weighted by molar-refractivity contribution is -0.141. The molecule has 0 N–H and O–H groups in total. The van der Waals surface area contributed by atoms with E-state index in [1.54, 1.807) is 29.0 Å². The fourth-order valence-electron chi connectivity index (χ4n) is 3.29. The number of aryl methyl sites for hydroxylation is 1. The second-order valence-corrected chi connectivity index (χ2v) is 7.19. The quantitative estimate of drug-likeness (QED) is 0.699. The Morgan fingerprint density at radius 1 is 0.767 bits per heavy atom. The molecule has 0 bridgehead atoms. The lowest BCUT2D eigenvalue weighted by Crippen LogP contribution is -2.52. The molecule has 1 heterocycles. The molecule has 7 heteroatoms. The molecule has 0 aromatic heterocycles. The Balaban J connectivity index is 1.44. The molecule has 0 radical (unpaired) electrons. The minimum atomic E-state index is -0.111. The third-order valence-electron chi connectivity index (χ3n) is 5.31. The standard InChI is InChI=1S/C23H28N2O5/c1-17-7-6-10-19(18(17)2)29-15-22(26)24-11-13-25(14-12-24)23(27)16-30-21-9-5-4-8-20(21)28-3/h4-10H,11-16H2,1-3H3. The molecule has 2 amide bonds. The number of nitrogens with zero attached hydrogens (tertiary/aromatic N) is 2. The van der Waals surface area contributed by atoms with E-state index in [2.05, 4.69) is 0 Å². The van der Waals surface area contributed by atoms with Crippen LogP contribution in [0.2, 0.25) is 0 Å². The Bertz CT molecular complexity index is 891. The number of rotatable bonds is 7.